The summed E-state index contributed by atoms with van der Waals surface area (Å²) in [5.41, 5.74) is 2.07. The Morgan fingerprint density at radius 3 is 2.38 bits per heavy atom. The number of halogens is 3. The SMILES string of the molecule is Cc1nnn(-c2ccc(C(F)F)cc2)c1COc1ccc(Cl)cc1. The lowest BCUT2D eigenvalue weighted by Crippen LogP contribution is -2.07. The molecule has 2 aromatic carbocycles. The highest BCUT2D eigenvalue weighted by Crippen LogP contribution is 2.22. The van der Waals surface area contributed by atoms with Gasteiger partial charge in [-0.05, 0) is 43.3 Å². The van der Waals surface area contributed by atoms with Crippen LogP contribution >= 0.6 is 11.6 Å². The molecule has 0 atom stereocenters. The standard InChI is InChI=1S/C17H14ClF2N3O/c1-11-16(10-24-15-8-4-13(18)5-9-15)23(22-21-11)14-6-2-12(3-7-14)17(19)20/h2-9,17H,10H2,1H3. The minimum Gasteiger partial charge on any atom is -0.487 e. The molecule has 0 fully saturated rings. The van der Waals surface area contributed by atoms with Crippen LogP contribution in [0.25, 0.3) is 5.69 Å². The lowest BCUT2D eigenvalue weighted by atomic mass is 10.2. The summed E-state index contributed by atoms with van der Waals surface area (Å²) in [6, 6.07) is 12.9. The van der Waals surface area contributed by atoms with Crippen LogP contribution in [0.3, 0.4) is 0 Å². The fourth-order valence-corrected chi connectivity index (χ4v) is 2.32. The first-order valence-corrected chi connectivity index (χ1v) is 7.60. The van der Waals surface area contributed by atoms with Gasteiger partial charge in [0.25, 0.3) is 6.43 Å². The van der Waals surface area contributed by atoms with Crippen molar-refractivity contribution < 1.29 is 13.5 Å². The second kappa shape index (κ2) is 6.97. The largest absolute Gasteiger partial charge is 0.487 e. The van der Waals surface area contributed by atoms with E-state index in [4.69, 9.17) is 16.3 Å². The molecule has 3 aromatic rings. The summed E-state index contributed by atoms with van der Waals surface area (Å²) >= 11 is 5.84. The highest BCUT2D eigenvalue weighted by atomic mass is 35.5. The summed E-state index contributed by atoms with van der Waals surface area (Å²) in [4.78, 5) is 0. The molecule has 0 saturated heterocycles. The van der Waals surface area contributed by atoms with E-state index in [1.54, 1.807) is 41.1 Å². The van der Waals surface area contributed by atoms with Crippen LogP contribution in [-0.2, 0) is 6.61 Å². The van der Waals surface area contributed by atoms with Gasteiger partial charge in [0.2, 0.25) is 0 Å². The predicted octanol–water partition coefficient (Wildman–Crippen LogP) is 4.75. The van der Waals surface area contributed by atoms with Crippen LogP contribution in [0.2, 0.25) is 5.02 Å². The number of benzene rings is 2. The van der Waals surface area contributed by atoms with Crippen molar-refractivity contribution in [2.24, 2.45) is 0 Å². The maximum absolute atomic E-state index is 12.7. The fraction of sp³-hybridized carbons (Fsp3) is 0.176. The summed E-state index contributed by atoms with van der Waals surface area (Å²) in [7, 11) is 0. The second-order valence-corrected chi connectivity index (χ2v) is 5.60. The lowest BCUT2D eigenvalue weighted by Gasteiger charge is -2.10. The van der Waals surface area contributed by atoms with E-state index in [-0.39, 0.29) is 12.2 Å². The van der Waals surface area contributed by atoms with Gasteiger partial charge in [0, 0.05) is 10.6 Å². The maximum Gasteiger partial charge on any atom is 0.263 e. The van der Waals surface area contributed by atoms with Gasteiger partial charge in [0.15, 0.2) is 0 Å². The summed E-state index contributed by atoms with van der Waals surface area (Å²) in [5, 5.41) is 8.73. The molecule has 4 nitrogen and oxygen atoms in total. The Balaban J connectivity index is 1.81. The molecule has 0 bridgehead atoms. The van der Waals surface area contributed by atoms with E-state index in [1.165, 1.54) is 12.1 Å². The molecule has 0 aliphatic heterocycles. The minimum atomic E-state index is -2.50. The Hall–Kier alpha value is -2.47. The highest BCUT2D eigenvalue weighted by molar-refractivity contribution is 6.30. The van der Waals surface area contributed by atoms with Crippen molar-refractivity contribution in [2.45, 2.75) is 20.0 Å². The van der Waals surface area contributed by atoms with E-state index >= 15 is 0 Å². The molecule has 24 heavy (non-hydrogen) atoms. The first-order valence-electron chi connectivity index (χ1n) is 7.22. The molecule has 124 valence electrons. The second-order valence-electron chi connectivity index (χ2n) is 5.17. The fourth-order valence-electron chi connectivity index (χ4n) is 2.19. The monoisotopic (exact) mass is 349 g/mol. The normalized spacial score (nSPS) is 11.0. The van der Waals surface area contributed by atoms with Crippen molar-refractivity contribution in [2.75, 3.05) is 0 Å². The molecule has 0 saturated carbocycles. The quantitative estimate of drug-likeness (QED) is 0.667. The number of aryl methyl sites for hydroxylation is 1. The van der Waals surface area contributed by atoms with Gasteiger partial charge in [-0.3, -0.25) is 0 Å². The van der Waals surface area contributed by atoms with Crippen LogP contribution in [0.5, 0.6) is 5.75 Å². The average molecular weight is 350 g/mol. The molecule has 1 heterocycles. The molecular formula is C17H14ClF2N3O. The van der Waals surface area contributed by atoms with Gasteiger partial charge in [-0.2, -0.15) is 0 Å². The number of aromatic nitrogens is 3. The van der Waals surface area contributed by atoms with Crippen molar-refractivity contribution >= 4 is 11.6 Å². The molecular weight excluding hydrogens is 336 g/mol. The van der Waals surface area contributed by atoms with Crippen molar-refractivity contribution in [1.29, 1.82) is 0 Å². The Kier molecular flexibility index (Phi) is 4.76. The summed E-state index contributed by atoms with van der Waals surface area (Å²) in [5.74, 6) is 0.666. The topological polar surface area (TPSA) is 39.9 Å². The Morgan fingerprint density at radius 2 is 1.75 bits per heavy atom. The van der Waals surface area contributed by atoms with Crippen molar-refractivity contribution in [3.05, 3.63) is 70.5 Å². The van der Waals surface area contributed by atoms with E-state index in [1.807, 2.05) is 6.92 Å². The van der Waals surface area contributed by atoms with Gasteiger partial charge in [-0.1, -0.05) is 28.9 Å². The zero-order valence-corrected chi connectivity index (χ0v) is 13.5. The van der Waals surface area contributed by atoms with E-state index < -0.39 is 6.43 Å². The summed E-state index contributed by atoms with van der Waals surface area (Å²) < 4.78 is 32.6. The highest BCUT2D eigenvalue weighted by Gasteiger charge is 2.13. The minimum absolute atomic E-state index is 0.0328. The zero-order chi connectivity index (χ0) is 17.1. The van der Waals surface area contributed by atoms with Gasteiger partial charge in [0.1, 0.15) is 18.1 Å². The van der Waals surface area contributed by atoms with Gasteiger partial charge in [-0.25, -0.2) is 13.5 Å². The number of hydrogen-bond donors (Lipinski definition) is 0. The summed E-state index contributed by atoms with van der Waals surface area (Å²) in [6.45, 7) is 2.06. The third-order valence-corrected chi connectivity index (χ3v) is 3.79. The molecule has 0 aliphatic carbocycles. The molecule has 7 heteroatoms. The van der Waals surface area contributed by atoms with Crippen LogP contribution in [0.1, 0.15) is 23.4 Å². The van der Waals surface area contributed by atoms with E-state index in [9.17, 15) is 8.78 Å². The van der Waals surface area contributed by atoms with Crippen molar-refractivity contribution in [3.63, 3.8) is 0 Å². The van der Waals surface area contributed by atoms with Gasteiger partial charge in [0.05, 0.1) is 11.4 Å². The third kappa shape index (κ3) is 3.54. The number of alkyl halides is 2. The Labute approximate surface area is 142 Å². The van der Waals surface area contributed by atoms with Gasteiger partial charge in [-0.15, -0.1) is 5.10 Å². The third-order valence-electron chi connectivity index (χ3n) is 3.54. The Bertz CT molecular complexity index is 817. The molecule has 0 radical (unpaired) electrons. The summed E-state index contributed by atoms with van der Waals surface area (Å²) in [6.07, 6.45) is -2.50. The lowest BCUT2D eigenvalue weighted by molar-refractivity contribution is 0.151. The van der Waals surface area contributed by atoms with Crippen molar-refractivity contribution in [1.82, 2.24) is 15.0 Å². The number of rotatable bonds is 5. The first kappa shape index (κ1) is 16.4. The molecule has 0 amide bonds. The molecule has 0 N–H and O–H groups in total. The molecule has 0 aliphatic rings. The van der Waals surface area contributed by atoms with Crippen LogP contribution in [0.4, 0.5) is 8.78 Å². The van der Waals surface area contributed by atoms with Crippen molar-refractivity contribution in [3.8, 4) is 11.4 Å². The number of nitrogens with zero attached hydrogens (tertiary/aromatic N) is 3. The van der Waals surface area contributed by atoms with Crippen LogP contribution < -0.4 is 4.74 Å². The molecule has 3 rings (SSSR count). The van der Waals surface area contributed by atoms with Crippen LogP contribution in [0, 0.1) is 6.92 Å². The van der Waals surface area contributed by atoms with E-state index in [0.717, 1.165) is 5.69 Å². The smallest absolute Gasteiger partial charge is 0.263 e. The van der Waals surface area contributed by atoms with Gasteiger partial charge < -0.3 is 4.74 Å². The van der Waals surface area contributed by atoms with E-state index in [0.29, 0.717) is 22.2 Å². The number of hydrogen-bond acceptors (Lipinski definition) is 3. The Morgan fingerprint density at radius 1 is 1.08 bits per heavy atom. The molecule has 1 aromatic heterocycles. The van der Waals surface area contributed by atoms with E-state index in [2.05, 4.69) is 10.3 Å². The zero-order valence-electron chi connectivity index (χ0n) is 12.8. The average Bonchev–Trinajstić information content (AvgIpc) is 2.95. The maximum atomic E-state index is 12.7. The first-order chi connectivity index (χ1) is 11.5. The van der Waals surface area contributed by atoms with Crippen LogP contribution in [0.15, 0.2) is 48.5 Å². The molecule has 0 spiro atoms. The van der Waals surface area contributed by atoms with Crippen LogP contribution in [-0.4, -0.2) is 15.0 Å². The molecule has 0 unspecified atom stereocenters. The van der Waals surface area contributed by atoms with Gasteiger partial charge >= 0.3 is 0 Å². The number of ether oxygens (including phenoxy) is 1. The predicted molar refractivity (Wildman–Crippen MR) is 86.8 cm³/mol.